The van der Waals surface area contributed by atoms with Gasteiger partial charge in [0.15, 0.2) is 0 Å². The first kappa shape index (κ1) is 43.1. The van der Waals surface area contributed by atoms with Gasteiger partial charge in [0, 0.05) is 24.6 Å². The van der Waals surface area contributed by atoms with Crippen LogP contribution in [0.4, 0.5) is 10.5 Å². The number of esters is 1. The number of anilines is 1. The zero-order valence-corrected chi connectivity index (χ0v) is 32.0. The van der Waals surface area contributed by atoms with Gasteiger partial charge in [0.25, 0.3) is 5.91 Å². The van der Waals surface area contributed by atoms with Crippen LogP contribution in [0.15, 0.2) is 84.9 Å². The monoisotopic (exact) mass is 745 g/mol. The summed E-state index contributed by atoms with van der Waals surface area (Å²) in [6, 6.07) is 19.8. The van der Waals surface area contributed by atoms with Crippen LogP contribution in [0.3, 0.4) is 0 Å². The Kier molecular flexibility index (Phi) is 16.2. The highest BCUT2D eigenvalue weighted by atomic mass is 16.6. The second kappa shape index (κ2) is 20.3. The average molecular weight is 746 g/mol. The fourth-order valence-corrected chi connectivity index (χ4v) is 5.84. The number of amides is 4. The van der Waals surface area contributed by atoms with Gasteiger partial charge < -0.3 is 36.7 Å². The fraction of sp³-hybridized carbons (Fsp3) is 0.439. The number of alkyl carbamates (subject to hydrolysis) is 1. The lowest BCUT2D eigenvalue weighted by atomic mass is 9.94. The minimum absolute atomic E-state index is 0.0521. The SMILES string of the molecule is CC[C@H](C)[C@@H](C(=O)OC)N(C(=O)CC(O)[C@@H](N)Cc1ccc(N)cc1)C(=O)[C@H](Cc1ccccc1)NC(=O)[C@H](Cc1ccccc1)NC(=O)OC(C)(C)C. The number of imide groups is 1. The van der Waals surface area contributed by atoms with Crippen LogP contribution in [-0.2, 0) is 47.9 Å². The van der Waals surface area contributed by atoms with E-state index in [9.17, 15) is 29.1 Å². The van der Waals surface area contributed by atoms with Crippen LogP contribution in [0, 0.1) is 5.92 Å². The van der Waals surface area contributed by atoms with Crippen molar-refractivity contribution in [2.24, 2.45) is 11.7 Å². The summed E-state index contributed by atoms with van der Waals surface area (Å²) in [6.07, 6.45) is -2.29. The van der Waals surface area contributed by atoms with E-state index < -0.39 is 78.0 Å². The van der Waals surface area contributed by atoms with Crippen LogP contribution >= 0.6 is 0 Å². The third-order valence-corrected chi connectivity index (χ3v) is 8.93. The molecule has 1 unspecified atom stereocenters. The van der Waals surface area contributed by atoms with Crippen LogP contribution < -0.4 is 22.1 Å². The molecule has 54 heavy (non-hydrogen) atoms. The van der Waals surface area contributed by atoms with Crippen LogP contribution in [-0.4, -0.2) is 82.8 Å². The molecule has 4 amide bonds. The molecule has 292 valence electrons. The molecule has 13 heteroatoms. The number of aliphatic hydroxyl groups excluding tert-OH is 1. The number of nitrogens with two attached hydrogens (primary N) is 2. The number of benzene rings is 3. The summed E-state index contributed by atoms with van der Waals surface area (Å²) < 4.78 is 10.5. The standard InChI is InChI=1S/C41H55N5O8/c1-7-26(2)36(39(51)53-6)46(35(48)25-34(47)31(43)22-29-18-20-30(42)21-19-29)38(50)33(24-28-16-12-9-13-17-28)44-37(49)32(23-27-14-10-8-11-15-27)45-40(52)54-41(3,4)5/h8-21,26,31-34,36,47H,7,22-25,42-43H2,1-6H3,(H,44,49)(H,45,52)/t26-,31-,32-,33-,34?,36-/m0/s1. The highest BCUT2D eigenvalue weighted by Gasteiger charge is 2.43. The number of nitrogens with zero attached hydrogens (tertiary/aromatic N) is 1. The molecule has 7 N–H and O–H groups in total. The normalized spacial score (nSPS) is 14.7. The zero-order valence-electron chi connectivity index (χ0n) is 32.0. The molecule has 13 nitrogen and oxygen atoms in total. The number of carbonyl (C=O) groups excluding carboxylic acids is 5. The van der Waals surface area contributed by atoms with Crippen molar-refractivity contribution in [3.05, 3.63) is 102 Å². The lowest BCUT2D eigenvalue weighted by Gasteiger charge is -2.35. The predicted octanol–water partition coefficient (Wildman–Crippen LogP) is 3.70. The Hall–Kier alpha value is -5.27. The van der Waals surface area contributed by atoms with Crippen LogP contribution in [0.2, 0.25) is 0 Å². The van der Waals surface area contributed by atoms with Crippen molar-refractivity contribution in [3.63, 3.8) is 0 Å². The molecule has 3 aromatic carbocycles. The van der Waals surface area contributed by atoms with Crippen LogP contribution in [0.25, 0.3) is 0 Å². The molecule has 6 atom stereocenters. The third-order valence-electron chi connectivity index (χ3n) is 8.93. The van der Waals surface area contributed by atoms with E-state index in [4.69, 9.17) is 20.9 Å². The van der Waals surface area contributed by atoms with Gasteiger partial charge in [0.2, 0.25) is 11.8 Å². The number of methoxy groups -OCH3 is 1. The maximum Gasteiger partial charge on any atom is 0.408 e. The van der Waals surface area contributed by atoms with Gasteiger partial charge in [-0.05, 0) is 61.9 Å². The first-order chi connectivity index (χ1) is 25.5. The van der Waals surface area contributed by atoms with E-state index in [1.54, 1.807) is 113 Å². The molecule has 0 aromatic heterocycles. The summed E-state index contributed by atoms with van der Waals surface area (Å²) in [5.74, 6) is -3.92. The molecular formula is C41H55N5O8. The van der Waals surface area contributed by atoms with Crippen molar-refractivity contribution < 1.29 is 38.6 Å². The number of hydrogen-bond acceptors (Lipinski definition) is 10. The summed E-state index contributed by atoms with van der Waals surface area (Å²) in [4.78, 5) is 70.4. The molecule has 0 aliphatic rings. The summed E-state index contributed by atoms with van der Waals surface area (Å²) in [7, 11) is 1.15. The van der Waals surface area contributed by atoms with Gasteiger partial charge in [0.1, 0.15) is 23.7 Å². The largest absolute Gasteiger partial charge is 0.467 e. The maximum atomic E-state index is 14.8. The van der Waals surface area contributed by atoms with Gasteiger partial charge in [-0.15, -0.1) is 0 Å². The van der Waals surface area contributed by atoms with E-state index in [0.717, 1.165) is 23.1 Å². The molecule has 0 aliphatic carbocycles. The molecule has 0 saturated heterocycles. The van der Waals surface area contributed by atoms with Crippen molar-refractivity contribution >= 4 is 35.5 Å². The van der Waals surface area contributed by atoms with Gasteiger partial charge in [-0.2, -0.15) is 0 Å². The van der Waals surface area contributed by atoms with Crippen LogP contribution in [0.5, 0.6) is 0 Å². The smallest absolute Gasteiger partial charge is 0.408 e. The second-order valence-corrected chi connectivity index (χ2v) is 14.5. The summed E-state index contributed by atoms with van der Waals surface area (Å²) in [6.45, 7) is 8.57. The minimum Gasteiger partial charge on any atom is -0.467 e. The van der Waals surface area contributed by atoms with Gasteiger partial charge in [-0.3, -0.25) is 19.3 Å². The first-order valence-electron chi connectivity index (χ1n) is 18.1. The molecule has 0 aliphatic heterocycles. The van der Waals surface area contributed by atoms with E-state index in [-0.39, 0.29) is 19.3 Å². The molecule has 0 heterocycles. The summed E-state index contributed by atoms with van der Waals surface area (Å²) in [5.41, 5.74) is 14.0. The Morgan fingerprint density at radius 3 is 1.81 bits per heavy atom. The fourth-order valence-electron chi connectivity index (χ4n) is 5.84. The van der Waals surface area contributed by atoms with Gasteiger partial charge >= 0.3 is 12.1 Å². The topological polar surface area (TPSA) is 203 Å². The zero-order chi connectivity index (χ0) is 40.0. The van der Waals surface area contributed by atoms with Crippen molar-refractivity contribution in [2.45, 2.75) is 103 Å². The molecule has 0 saturated carbocycles. The molecule has 0 fully saturated rings. The van der Waals surface area contributed by atoms with E-state index in [1.807, 2.05) is 6.07 Å². The number of aliphatic hydroxyl groups is 1. The van der Waals surface area contributed by atoms with Gasteiger partial charge in [-0.25, -0.2) is 9.59 Å². The first-order valence-corrected chi connectivity index (χ1v) is 18.1. The lowest BCUT2D eigenvalue weighted by molar-refractivity contribution is -0.164. The predicted molar refractivity (Wildman–Crippen MR) is 206 cm³/mol. The summed E-state index contributed by atoms with van der Waals surface area (Å²) >= 11 is 0. The number of hydrogen-bond donors (Lipinski definition) is 5. The van der Waals surface area contributed by atoms with E-state index in [2.05, 4.69) is 10.6 Å². The number of nitrogens with one attached hydrogen (secondary N) is 2. The van der Waals surface area contributed by atoms with E-state index in [1.165, 1.54) is 0 Å². The number of rotatable bonds is 17. The lowest BCUT2D eigenvalue weighted by Crippen LogP contribution is -2.61. The van der Waals surface area contributed by atoms with Crippen molar-refractivity contribution in [1.82, 2.24) is 15.5 Å². The Morgan fingerprint density at radius 1 is 0.796 bits per heavy atom. The van der Waals surface area contributed by atoms with E-state index >= 15 is 0 Å². The highest BCUT2D eigenvalue weighted by Crippen LogP contribution is 2.22. The number of nitrogen functional groups attached to an aromatic ring is 1. The molecule has 0 radical (unpaired) electrons. The third kappa shape index (κ3) is 13.3. The number of carbonyl (C=O) groups is 5. The molecule has 0 spiro atoms. The highest BCUT2D eigenvalue weighted by molar-refractivity contribution is 6.03. The van der Waals surface area contributed by atoms with Crippen molar-refractivity contribution in [1.29, 1.82) is 0 Å². The Morgan fingerprint density at radius 2 is 1.31 bits per heavy atom. The molecule has 0 bridgehead atoms. The van der Waals surface area contributed by atoms with Gasteiger partial charge in [-0.1, -0.05) is 93.1 Å². The molecule has 3 aromatic rings. The molecular weight excluding hydrogens is 690 g/mol. The summed E-state index contributed by atoms with van der Waals surface area (Å²) in [5, 5.41) is 16.6. The molecule has 3 rings (SSSR count). The van der Waals surface area contributed by atoms with Crippen molar-refractivity contribution in [3.8, 4) is 0 Å². The van der Waals surface area contributed by atoms with Crippen molar-refractivity contribution in [2.75, 3.05) is 12.8 Å². The minimum atomic E-state index is -1.41. The average Bonchev–Trinajstić information content (AvgIpc) is 3.13. The van der Waals surface area contributed by atoms with E-state index in [0.29, 0.717) is 17.7 Å². The van der Waals surface area contributed by atoms with Gasteiger partial charge in [0.05, 0.1) is 19.6 Å². The number of ether oxygens (including phenoxy) is 2. The Balaban J connectivity index is 2.03. The quantitative estimate of drug-likeness (QED) is 0.100. The van der Waals surface area contributed by atoms with Crippen LogP contribution in [0.1, 0.15) is 64.2 Å². The maximum absolute atomic E-state index is 14.8. The Labute approximate surface area is 317 Å². The Bertz CT molecular complexity index is 1680. The second-order valence-electron chi connectivity index (χ2n) is 14.5.